The number of methoxy groups -OCH3 is 1. The predicted octanol–water partition coefficient (Wildman–Crippen LogP) is 4.67. The highest BCUT2D eigenvalue weighted by atomic mass is 35.5. The minimum atomic E-state index is 0.725. The van der Waals surface area contributed by atoms with Crippen molar-refractivity contribution in [3.8, 4) is 28.3 Å². The van der Waals surface area contributed by atoms with Gasteiger partial charge in [-0.25, -0.2) is 4.98 Å². The second kappa shape index (κ2) is 5.73. The van der Waals surface area contributed by atoms with Crippen molar-refractivity contribution >= 4 is 17.4 Å². The van der Waals surface area contributed by atoms with Crippen molar-refractivity contribution in [3.05, 3.63) is 65.9 Å². The first-order valence-corrected chi connectivity index (χ1v) is 7.98. The molecule has 24 heavy (non-hydrogen) atoms. The average Bonchev–Trinajstić information content (AvgIpc) is 3.15. The summed E-state index contributed by atoms with van der Waals surface area (Å²) in [6, 6.07) is 15.7. The molecule has 120 valence electrons. The SMILES string of the molecule is COc1cccc(-c2cn3cc(-c4ccc(Cl)cc4)nc3n2C)c1. The third kappa shape index (κ3) is 2.45. The number of rotatable bonds is 3. The topological polar surface area (TPSA) is 31.5 Å². The van der Waals surface area contributed by atoms with Crippen molar-refractivity contribution < 1.29 is 4.74 Å². The lowest BCUT2D eigenvalue weighted by molar-refractivity contribution is 0.415. The molecule has 0 fully saturated rings. The Morgan fingerprint density at radius 2 is 1.79 bits per heavy atom. The highest BCUT2D eigenvalue weighted by Crippen LogP contribution is 2.28. The molecule has 0 aliphatic carbocycles. The maximum absolute atomic E-state index is 5.96. The molecule has 0 bridgehead atoms. The zero-order valence-corrected chi connectivity index (χ0v) is 14.2. The van der Waals surface area contributed by atoms with E-state index in [0.717, 1.165) is 39.1 Å². The Morgan fingerprint density at radius 3 is 2.50 bits per heavy atom. The van der Waals surface area contributed by atoms with Crippen LogP contribution in [0, 0.1) is 0 Å². The predicted molar refractivity (Wildman–Crippen MR) is 96.6 cm³/mol. The van der Waals surface area contributed by atoms with E-state index in [2.05, 4.69) is 16.8 Å². The quantitative estimate of drug-likeness (QED) is 0.544. The van der Waals surface area contributed by atoms with Crippen molar-refractivity contribution in [2.45, 2.75) is 0 Å². The third-order valence-corrected chi connectivity index (χ3v) is 4.39. The standard InChI is InChI=1S/C19H16ClN3O/c1-22-18(14-4-3-5-16(10-14)24-2)12-23-11-17(21-19(22)23)13-6-8-15(20)9-7-13/h3-12H,1-2H3. The molecule has 0 radical (unpaired) electrons. The number of nitrogens with zero attached hydrogens (tertiary/aromatic N) is 3. The summed E-state index contributed by atoms with van der Waals surface area (Å²) in [5.41, 5.74) is 4.15. The molecular weight excluding hydrogens is 322 g/mol. The smallest absolute Gasteiger partial charge is 0.214 e. The van der Waals surface area contributed by atoms with Crippen LogP contribution in [0.3, 0.4) is 0 Å². The van der Waals surface area contributed by atoms with Crippen LogP contribution in [0.1, 0.15) is 0 Å². The van der Waals surface area contributed by atoms with Crippen LogP contribution in [-0.4, -0.2) is 21.1 Å². The second-order valence-electron chi connectivity index (χ2n) is 5.65. The molecule has 2 aromatic carbocycles. The van der Waals surface area contributed by atoms with E-state index in [0.29, 0.717) is 0 Å². The number of aromatic nitrogens is 3. The summed E-state index contributed by atoms with van der Waals surface area (Å²) in [5.74, 6) is 1.73. The fraction of sp³-hybridized carbons (Fsp3) is 0.105. The van der Waals surface area contributed by atoms with Crippen molar-refractivity contribution in [1.29, 1.82) is 0 Å². The number of ether oxygens (including phenoxy) is 1. The molecule has 0 saturated carbocycles. The molecule has 0 unspecified atom stereocenters. The normalized spacial score (nSPS) is 11.1. The second-order valence-corrected chi connectivity index (χ2v) is 6.08. The van der Waals surface area contributed by atoms with Crippen molar-refractivity contribution in [2.24, 2.45) is 7.05 Å². The number of imidazole rings is 2. The summed E-state index contributed by atoms with van der Waals surface area (Å²) < 4.78 is 9.43. The van der Waals surface area contributed by atoms with E-state index in [1.807, 2.05) is 60.1 Å². The Bertz CT molecular complexity index is 1010. The zero-order valence-electron chi connectivity index (χ0n) is 13.4. The van der Waals surface area contributed by atoms with Crippen LogP contribution in [0.4, 0.5) is 0 Å². The molecule has 2 aromatic heterocycles. The maximum atomic E-state index is 5.96. The molecule has 4 nitrogen and oxygen atoms in total. The lowest BCUT2D eigenvalue weighted by Crippen LogP contribution is -1.93. The number of hydrogen-bond acceptors (Lipinski definition) is 2. The van der Waals surface area contributed by atoms with Crippen LogP contribution in [0.2, 0.25) is 5.02 Å². The Balaban J connectivity index is 1.79. The lowest BCUT2D eigenvalue weighted by Gasteiger charge is -2.05. The van der Waals surface area contributed by atoms with Gasteiger partial charge in [0.15, 0.2) is 0 Å². The van der Waals surface area contributed by atoms with Crippen LogP contribution in [0.25, 0.3) is 28.3 Å². The van der Waals surface area contributed by atoms with Crippen LogP contribution >= 0.6 is 11.6 Å². The highest BCUT2D eigenvalue weighted by Gasteiger charge is 2.12. The number of hydrogen-bond donors (Lipinski definition) is 0. The van der Waals surface area contributed by atoms with Gasteiger partial charge in [-0.1, -0.05) is 35.9 Å². The van der Waals surface area contributed by atoms with E-state index >= 15 is 0 Å². The van der Waals surface area contributed by atoms with Gasteiger partial charge in [-0.05, 0) is 24.3 Å². The molecule has 0 aliphatic heterocycles. The van der Waals surface area contributed by atoms with Gasteiger partial charge in [0.1, 0.15) is 5.75 Å². The van der Waals surface area contributed by atoms with Gasteiger partial charge >= 0.3 is 0 Å². The molecule has 0 amide bonds. The van der Waals surface area contributed by atoms with Crippen LogP contribution in [0.15, 0.2) is 60.9 Å². The first kappa shape index (κ1) is 14.8. The molecule has 4 aromatic rings. The van der Waals surface area contributed by atoms with Crippen molar-refractivity contribution in [2.75, 3.05) is 7.11 Å². The van der Waals surface area contributed by atoms with Crippen molar-refractivity contribution in [3.63, 3.8) is 0 Å². The van der Waals surface area contributed by atoms with Gasteiger partial charge in [0, 0.05) is 35.6 Å². The Kier molecular flexibility index (Phi) is 3.54. The summed E-state index contributed by atoms with van der Waals surface area (Å²) in [4.78, 5) is 4.75. The van der Waals surface area contributed by atoms with E-state index in [9.17, 15) is 0 Å². The van der Waals surface area contributed by atoms with E-state index in [4.69, 9.17) is 21.3 Å². The summed E-state index contributed by atoms with van der Waals surface area (Å²) >= 11 is 5.96. The van der Waals surface area contributed by atoms with E-state index in [-0.39, 0.29) is 0 Å². The maximum Gasteiger partial charge on any atom is 0.214 e. The van der Waals surface area contributed by atoms with Gasteiger partial charge in [-0.2, -0.15) is 0 Å². The van der Waals surface area contributed by atoms with E-state index < -0.39 is 0 Å². The zero-order chi connectivity index (χ0) is 16.7. The molecule has 2 heterocycles. The third-order valence-electron chi connectivity index (χ3n) is 4.14. The van der Waals surface area contributed by atoms with E-state index in [1.54, 1.807) is 7.11 Å². The fourth-order valence-corrected chi connectivity index (χ4v) is 2.99. The van der Waals surface area contributed by atoms with Gasteiger partial charge in [0.05, 0.1) is 18.5 Å². The van der Waals surface area contributed by atoms with Gasteiger partial charge < -0.3 is 9.30 Å². The Hall–Kier alpha value is -2.72. The molecule has 4 rings (SSSR count). The van der Waals surface area contributed by atoms with Crippen molar-refractivity contribution in [1.82, 2.24) is 14.0 Å². The highest BCUT2D eigenvalue weighted by molar-refractivity contribution is 6.30. The minimum absolute atomic E-state index is 0.725. The first-order chi connectivity index (χ1) is 11.7. The summed E-state index contributed by atoms with van der Waals surface area (Å²) in [6.07, 6.45) is 4.11. The van der Waals surface area contributed by atoms with Crippen LogP contribution in [0.5, 0.6) is 5.75 Å². The molecule has 5 heteroatoms. The average molecular weight is 338 g/mol. The number of halogens is 1. The minimum Gasteiger partial charge on any atom is -0.497 e. The van der Waals surface area contributed by atoms with Gasteiger partial charge in [0.25, 0.3) is 0 Å². The van der Waals surface area contributed by atoms with Gasteiger partial charge in [0.2, 0.25) is 5.78 Å². The largest absolute Gasteiger partial charge is 0.497 e. The van der Waals surface area contributed by atoms with Crippen LogP contribution < -0.4 is 4.74 Å². The van der Waals surface area contributed by atoms with Crippen LogP contribution in [-0.2, 0) is 7.05 Å². The number of benzene rings is 2. The Morgan fingerprint density at radius 1 is 1.00 bits per heavy atom. The summed E-state index contributed by atoms with van der Waals surface area (Å²) in [5, 5.41) is 0.725. The molecule has 0 saturated heterocycles. The molecular formula is C19H16ClN3O. The van der Waals surface area contributed by atoms with E-state index in [1.165, 1.54) is 0 Å². The summed E-state index contributed by atoms with van der Waals surface area (Å²) in [6.45, 7) is 0. The molecule has 0 aliphatic rings. The molecule has 0 atom stereocenters. The molecule has 0 N–H and O–H groups in total. The lowest BCUT2D eigenvalue weighted by atomic mass is 10.1. The number of aryl methyl sites for hydroxylation is 1. The number of fused-ring (bicyclic) bond motifs is 1. The monoisotopic (exact) mass is 337 g/mol. The summed E-state index contributed by atoms with van der Waals surface area (Å²) in [7, 11) is 3.69. The fourth-order valence-electron chi connectivity index (χ4n) is 2.86. The van der Waals surface area contributed by atoms with Gasteiger partial charge in [-0.3, -0.25) is 4.40 Å². The Labute approximate surface area is 144 Å². The van der Waals surface area contributed by atoms with Gasteiger partial charge in [-0.15, -0.1) is 0 Å². The molecule has 0 spiro atoms. The first-order valence-electron chi connectivity index (χ1n) is 7.60.